The van der Waals surface area contributed by atoms with Gasteiger partial charge in [-0.05, 0) is 11.1 Å². The molecule has 0 aliphatic carbocycles. The van der Waals surface area contributed by atoms with Crippen LogP contribution in [-0.4, -0.2) is 45.2 Å². The first-order valence-electron chi connectivity index (χ1n) is 6.80. The summed E-state index contributed by atoms with van der Waals surface area (Å²) in [5, 5.41) is 16.0. The van der Waals surface area contributed by atoms with Crippen LogP contribution in [0.2, 0.25) is 11.1 Å². The van der Waals surface area contributed by atoms with Gasteiger partial charge in [-0.25, -0.2) is 0 Å². The molecule has 112 valence electrons. The Morgan fingerprint density at radius 3 is 1.58 bits per heavy atom. The van der Waals surface area contributed by atoms with Crippen LogP contribution in [0.1, 0.15) is 27.7 Å². The van der Waals surface area contributed by atoms with Gasteiger partial charge in [-0.3, -0.25) is 0 Å². The van der Waals surface area contributed by atoms with E-state index >= 15 is 0 Å². The van der Waals surface area contributed by atoms with Gasteiger partial charge in [0.25, 0.3) is 0 Å². The molecule has 0 amide bonds. The summed E-state index contributed by atoms with van der Waals surface area (Å²) in [6, 6.07) is 0. The Balaban J connectivity index is 0.000000459. The molecule has 0 aromatic carbocycles. The monoisotopic (exact) mass is 288 g/mol. The van der Waals surface area contributed by atoms with Gasteiger partial charge >= 0.3 is 8.56 Å². The van der Waals surface area contributed by atoms with E-state index < -0.39 is 8.56 Å². The molecule has 1 aliphatic heterocycles. The molecule has 1 rings (SSSR count). The molecular weight excluding hydrogens is 260 g/mol. The number of rotatable bonds is 4. The molecule has 4 nitrogen and oxygen atoms in total. The molecule has 0 bridgehead atoms. The van der Waals surface area contributed by atoms with Crippen LogP contribution in [0.5, 0.6) is 0 Å². The van der Waals surface area contributed by atoms with Crippen molar-refractivity contribution in [3.63, 3.8) is 0 Å². The highest BCUT2D eigenvalue weighted by atomic mass is 28.4. The van der Waals surface area contributed by atoms with E-state index in [0.717, 1.165) is 13.2 Å². The van der Waals surface area contributed by atoms with Crippen LogP contribution in [0.25, 0.3) is 0 Å². The second-order valence-electron chi connectivity index (χ2n) is 4.96. The second kappa shape index (κ2) is 10.3. The summed E-state index contributed by atoms with van der Waals surface area (Å²) in [7, 11) is -1.95. The van der Waals surface area contributed by atoms with Gasteiger partial charge in [0.05, 0.1) is 26.4 Å². The number of hydrogen-bond acceptors (Lipinski definition) is 4. The molecule has 0 aromatic rings. The Morgan fingerprint density at radius 2 is 1.32 bits per heavy atom. The van der Waals surface area contributed by atoms with Crippen LogP contribution < -0.4 is 0 Å². The quantitative estimate of drug-likeness (QED) is 0.616. The third-order valence-electron chi connectivity index (χ3n) is 2.96. The van der Waals surface area contributed by atoms with Gasteiger partial charge in [0, 0.05) is 0 Å². The van der Waals surface area contributed by atoms with Crippen molar-refractivity contribution in [2.24, 2.45) is 0 Å². The summed E-state index contributed by atoms with van der Waals surface area (Å²) in [4.78, 5) is 0. The van der Waals surface area contributed by atoms with Gasteiger partial charge in [0.15, 0.2) is 0 Å². The zero-order valence-electron chi connectivity index (χ0n) is 12.5. The minimum absolute atomic E-state index is 0.0144. The first-order chi connectivity index (χ1) is 9.01. The summed E-state index contributed by atoms with van der Waals surface area (Å²) >= 11 is 0. The molecule has 2 N–H and O–H groups in total. The van der Waals surface area contributed by atoms with Gasteiger partial charge < -0.3 is 19.1 Å². The predicted molar refractivity (Wildman–Crippen MR) is 80.3 cm³/mol. The first kappa shape index (κ1) is 18.5. The standard InChI is InChI=1S/C10H20O2Si.C4H8O2/c1-9(2)13(10(3)4)11-7-5-6-8-12-13;5-3-1-2-4-6/h5-6,9-10H,7-8H2,1-4H3;1-2,5-6H,3-4H2/b;2-1-. The molecule has 0 atom stereocenters. The Morgan fingerprint density at radius 1 is 0.947 bits per heavy atom. The maximum absolute atomic E-state index is 8.00. The lowest BCUT2D eigenvalue weighted by Crippen LogP contribution is -2.47. The van der Waals surface area contributed by atoms with Crippen LogP contribution in [0, 0.1) is 0 Å². The fourth-order valence-electron chi connectivity index (χ4n) is 2.02. The number of hydrogen-bond donors (Lipinski definition) is 2. The van der Waals surface area contributed by atoms with Gasteiger partial charge in [-0.2, -0.15) is 0 Å². The lowest BCUT2D eigenvalue weighted by atomic mass is 10.5. The summed E-state index contributed by atoms with van der Waals surface area (Å²) < 4.78 is 11.9. The average molecular weight is 288 g/mol. The summed E-state index contributed by atoms with van der Waals surface area (Å²) in [6.45, 7) is 10.3. The van der Waals surface area contributed by atoms with Crippen molar-refractivity contribution >= 4 is 8.56 Å². The molecule has 0 fully saturated rings. The van der Waals surface area contributed by atoms with Crippen LogP contribution in [0.3, 0.4) is 0 Å². The van der Waals surface area contributed by atoms with E-state index in [1.165, 1.54) is 12.2 Å². The molecule has 0 saturated carbocycles. The van der Waals surface area contributed by atoms with Crippen molar-refractivity contribution in [2.45, 2.75) is 38.8 Å². The predicted octanol–water partition coefficient (Wildman–Crippen LogP) is 2.38. The minimum Gasteiger partial charge on any atom is -0.392 e. The molecule has 0 unspecified atom stereocenters. The molecule has 1 heterocycles. The highest BCUT2D eigenvalue weighted by Gasteiger charge is 2.44. The maximum Gasteiger partial charge on any atom is 0.343 e. The Hall–Kier alpha value is -0.463. The average Bonchev–Trinajstić information content (AvgIpc) is 2.63. The summed E-state index contributed by atoms with van der Waals surface area (Å²) in [6.07, 6.45) is 7.08. The number of aliphatic hydroxyl groups is 2. The highest BCUT2D eigenvalue weighted by molar-refractivity contribution is 6.70. The van der Waals surface area contributed by atoms with E-state index in [0.29, 0.717) is 11.1 Å². The molecule has 0 aromatic heterocycles. The van der Waals surface area contributed by atoms with E-state index in [4.69, 9.17) is 19.1 Å². The van der Waals surface area contributed by atoms with Crippen LogP contribution in [0.4, 0.5) is 0 Å². The molecular formula is C14H28O4Si. The van der Waals surface area contributed by atoms with E-state index in [1.807, 2.05) is 0 Å². The van der Waals surface area contributed by atoms with E-state index in [-0.39, 0.29) is 13.2 Å². The van der Waals surface area contributed by atoms with Gasteiger partial charge in [0.2, 0.25) is 0 Å². The zero-order valence-corrected chi connectivity index (χ0v) is 13.5. The molecule has 1 aliphatic rings. The van der Waals surface area contributed by atoms with Crippen LogP contribution in [-0.2, 0) is 8.85 Å². The van der Waals surface area contributed by atoms with E-state index in [1.54, 1.807) is 0 Å². The van der Waals surface area contributed by atoms with Gasteiger partial charge in [-0.15, -0.1) is 0 Å². The lowest BCUT2D eigenvalue weighted by molar-refractivity contribution is 0.193. The van der Waals surface area contributed by atoms with Crippen molar-refractivity contribution in [1.82, 2.24) is 0 Å². The topological polar surface area (TPSA) is 58.9 Å². The fourth-order valence-corrected chi connectivity index (χ4v) is 5.48. The normalized spacial score (nSPS) is 18.5. The Bertz CT molecular complexity index is 249. The Labute approximate surface area is 118 Å². The van der Waals surface area contributed by atoms with Crippen molar-refractivity contribution < 1.29 is 19.1 Å². The minimum atomic E-state index is -1.95. The smallest absolute Gasteiger partial charge is 0.343 e. The van der Waals surface area contributed by atoms with Crippen molar-refractivity contribution in [3.05, 3.63) is 24.3 Å². The van der Waals surface area contributed by atoms with Gasteiger partial charge in [0.1, 0.15) is 0 Å². The van der Waals surface area contributed by atoms with E-state index in [2.05, 4.69) is 39.8 Å². The Kier molecular flexibility index (Phi) is 10.1. The molecule has 19 heavy (non-hydrogen) atoms. The van der Waals surface area contributed by atoms with Crippen molar-refractivity contribution in [3.8, 4) is 0 Å². The third-order valence-corrected chi connectivity index (χ3v) is 7.42. The summed E-state index contributed by atoms with van der Waals surface area (Å²) in [5.74, 6) is 0. The third kappa shape index (κ3) is 6.49. The zero-order chi connectivity index (χ0) is 14.7. The highest BCUT2D eigenvalue weighted by Crippen LogP contribution is 2.35. The van der Waals surface area contributed by atoms with Crippen LogP contribution in [0.15, 0.2) is 24.3 Å². The molecule has 5 heteroatoms. The first-order valence-corrected chi connectivity index (χ1v) is 8.78. The van der Waals surface area contributed by atoms with Crippen molar-refractivity contribution in [2.75, 3.05) is 26.4 Å². The van der Waals surface area contributed by atoms with Gasteiger partial charge in [-0.1, -0.05) is 52.0 Å². The molecule has 0 spiro atoms. The largest absolute Gasteiger partial charge is 0.392 e. The van der Waals surface area contributed by atoms with Crippen molar-refractivity contribution in [1.29, 1.82) is 0 Å². The SMILES string of the molecule is CC(C)[Si]1(C(C)C)OCC=CCO1.OC/C=C\CO. The summed E-state index contributed by atoms with van der Waals surface area (Å²) in [5.41, 5.74) is 1.04. The lowest BCUT2D eigenvalue weighted by Gasteiger charge is -2.35. The van der Waals surface area contributed by atoms with Crippen LogP contribution >= 0.6 is 0 Å². The van der Waals surface area contributed by atoms with E-state index in [9.17, 15) is 0 Å². The molecule has 0 radical (unpaired) electrons. The number of aliphatic hydroxyl groups excluding tert-OH is 2. The molecule has 0 saturated heterocycles. The fraction of sp³-hybridized carbons (Fsp3) is 0.714. The second-order valence-corrected chi connectivity index (χ2v) is 9.29. The maximum atomic E-state index is 8.00.